The number of hydrogen-bond donors (Lipinski definition) is 3. The van der Waals surface area contributed by atoms with Crippen molar-refractivity contribution in [2.24, 2.45) is 11.7 Å². The number of fused-ring (bicyclic) bond motifs is 1. The molecule has 2 aliphatic rings. The Morgan fingerprint density at radius 3 is 2.68 bits per heavy atom. The first kappa shape index (κ1) is 13.1. The Morgan fingerprint density at radius 2 is 1.89 bits per heavy atom. The maximum absolute atomic E-state index is 10.0. The highest BCUT2D eigenvalue weighted by Gasteiger charge is 2.29. The second-order valence-electron chi connectivity index (χ2n) is 6.04. The van der Waals surface area contributed by atoms with Crippen molar-refractivity contribution >= 4 is 0 Å². The van der Waals surface area contributed by atoms with Gasteiger partial charge in [0.2, 0.25) is 0 Å². The summed E-state index contributed by atoms with van der Waals surface area (Å²) in [5, 5.41) is 13.7. The molecule has 0 aromatic heterocycles. The van der Waals surface area contributed by atoms with E-state index in [0.717, 1.165) is 25.8 Å². The normalized spacial score (nSPS) is 34.2. The van der Waals surface area contributed by atoms with E-state index in [9.17, 15) is 5.11 Å². The van der Waals surface area contributed by atoms with Crippen molar-refractivity contribution in [3.63, 3.8) is 0 Å². The van der Waals surface area contributed by atoms with Crippen LogP contribution in [0.1, 0.15) is 55.3 Å². The molecule has 0 radical (unpaired) electrons. The van der Waals surface area contributed by atoms with Gasteiger partial charge in [-0.2, -0.15) is 0 Å². The predicted molar refractivity (Wildman–Crippen MR) is 76.7 cm³/mol. The fourth-order valence-corrected chi connectivity index (χ4v) is 3.59. The van der Waals surface area contributed by atoms with E-state index in [1.54, 1.807) is 0 Å². The molecule has 3 heteroatoms. The van der Waals surface area contributed by atoms with Crippen LogP contribution < -0.4 is 11.1 Å². The Morgan fingerprint density at radius 1 is 1.16 bits per heavy atom. The fourth-order valence-electron chi connectivity index (χ4n) is 3.59. The van der Waals surface area contributed by atoms with Crippen LogP contribution in [0.3, 0.4) is 0 Å². The lowest BCUT2D eigenvalue weighted by molar-refractivity contribution is 0.0680. The van der Waals surface area contributed by atoms with Gasteiger partial charge in [-0.05, 0) is 36.3 Å². The molecule has 19 heavy (non-hydrogen) atoms. The van der Waals surface area contributed by atoms with Crippen LogP contribution in [0.15, 0.2) is 24.3 Å². The van der Waals surface area contributed by atoms with Crippen LogP contribution in [0.25, 0.3) is 0 Å². The molecule has 1 aromatic carbocycles. The highest BCUT2D eigenvalue weighted by molar-refractivity contribution is 5.37. The van der Waals surface area contributed by atoms with Crippen molar-refractivity contribution in [1.29, 1.82) is 0 Å². The minimum atomic E-state index is -0.119. The van der Waals surface area contributed by atoms with Crippen molar-refractivity contribution in [1.82, 2.24) is 5.32 Å². The number of aliphatic hydroxyl groups excluding tert-OH is 1. The van der Waals surface area contributed by atoms with Crippen molar-refractivity contribution in [2.75, 3.05) is 6.54 Å². The average molecular weight is 260 g/mol. The highest BCUT2D eigenvalue weighted by Crippen LogP contribution is 2.37. The maximum atomic E-state index is 10.0. The van der Waals surface area contributed by atoms with Crippen molar-refractivity contribution in [3.8, 4) is 0 Å². The third-order valence-corrected chi connectivity index (χ3v) is 4.76. The average Bonchev–Trinajstić information content (AvgIpc) is 2.75. The molecule has 0 heterocycles. The molecule has 0 aliphatic heterocycles. The lowest BCUT2D eigenvalue weighted by Gasteiger charge is -2.29. The lowest BCUT2D eigenvalue weighted by Crippen LogP contribution is -2.35. The maximum Gasteiger partial charge on any atom is 0.0580 e. The molecule has 3 nitrogen and oxygen atoms in total. The predicted octanol–water partition coefficient (Wildman–Crippen LogP) is 2.27. The summed E-state index contributed by atoms with van der Waals surface area (Å²) in [6.07, 6.45) is 5.40. The molecule has 2 aliphatic carbocycles. The zero-order chi connectivity index (χ0) is 13.2. The van der Waals surface area contributed by atoms with Crippen LogP contribution in [0, 0.1) is 5.92 Å². The Bertz CT molecular complexity index is 435. The molecule has 3 rings (SSSR count). The van der Waals surface area contributed by atoms with Gasteiger partial charge >= 0.3 is 0 Å². The summed E-state index contributed by atoms with van der Waals surface area (Å²) in [5.74, 6) is 0.415. The molecule has 0 saturated heterocycles. The van der Waals surface area contributed by atoms with E-state index in [-0.39, 0.29) is 12.1 Å². The molecule has 4 unspecified atom stereocenters. The zero-order valence-electron chi connectivity index (χ0n) is 11.4. The quantitative estimate of drug-likeness (QED) is 0.781. The minimum Gasteiger partial charge on any atom is -0.393 e. The Hall–Kier alpha value is -0.900. The van der Waals surface area contributed by atoms with Gasteiger partial charge in [0.1, 0.15) is 0 Å². The monoisotopic (exact) mass is 260 g/mol. The summed E-state index contributed by atoms with van der Waals surface area (Å²) in [4.78, 5) is 0. The first-order chi connectivity index (χ1) is 9.25. The van der Waals surface area contributed by atoms with Gasteiger partial charge in [0.15, 0.2) is 0 Å². The van der Waals surface area contributed by atoms with Crippen LogP contribution in [0.5, 0.6) is 0 Å². The van der Waals surface area contributed by atoms with E-state index in [0.29, 0.717) is 12.0 Å². The number of aliphatic hydroxyl groups is 1. The van der Waals surface area contributed by atoms with E-state index < -0.39 is 0 Å². The molecular formula is C16H24N2O. The Labute approximate surface area is 115 Å². The number of nitrogens with two attached hydrogens (primary N) is 1. The lowest BCUT2D eigenvalue weighted by atomic mass is 9.86. The van der Waals surface area contributed by atoms with E-state index in [1.807, 2.05) is 0 Å². The summed E-state index contributed by atoms with van der Waals surface area (Å²) >= 11 is 0. The Balaban J connectivity index is 1.62. The van der Waals surface area contributed by atoms with Gasteiger partial charge in [0.05, 0.1) is 6.10 Å². The molecular weight excluding hydrogens is 236 g/mol. The van der Waals surface area contributed by atoms with Gasteiger partial charge in [-0.1, -0.05) is 37.1 Å². The van der Waals surface area contributed by atoms with Gasteiger partial charge in [-0.25, -0.2) is 0 Å². The zero-order valence-corrected chi connectivity index (χ0v) is 11.4. The number of rotatable bonds is 3. The van der Waals surface area contributed by atoms with Crippen LogP contribution in [-0.4, -0.2) is 17.8 Å². The first-order valence-corrected chi connectivity index (χ1v) is 7.51. The van der Waals surface area contributed by atoms with Gasteiger partial charge < -0.3 is 16.2 Å². The van der Waals surface area contributed by atoms with E-state index in [2.05, 4.69) is 29.6 Å². The topological polar surface area (TPSA) is 58.3 Å². The first-order valence-electron chi connectivity index (χ1n) is 7.51. The smallest absolute Gasteiger partial charge is 0.0580 e. The van der Waals surface area contributed by atoms with Crippen LogP contribution in [0.2, 0.25) is 0 Å². The Kier molecular flexibility index (Phi) is 3.87. The van der Waals surface area contributed by atoms with Crippen LogP contribution in [0.4, 0.5) is 0 Å². The van der Waals surface area contributed by atoms with Crippen molar-refractivity contribution in [3.05, 3.63) is 35.4 Å². The van der Waals surface area contributed by atoms with Crippen molar-refractivity contribution < 1.29 is 5.11 Å². The molecule has 1 fully saturated rings. The molecule has 4 atom stereocenters. The summed E-state index contributed by atoms with van der Waals surface area (Å²) in [6, 6.07) is 8.98. The summed E-state index contributed by atoms with van der Waals surface area (Å²) in [6.45, 7) is 0.910. The largest absolute Gasteiger partial charge is 0.393 e. The molecule has 104 valence electrons. The SMILES string of the molecule is NC1CC(NCC2CCCCC2O)c2ccccc21. The fraction of sp³-hybridized carbons (Fsp3) is 0.625. The molecule has 1 saturated carbocycles. The second-order valence-corrected chi connectivity index (χ2v) is 6.04. The third-order valence-electron chi connectivity index (χ3n) is 4.76. The minimum absolute atomic E-state index is 0.119. The molecule has 0 bridgehead atoms. The second kappa shape index (κ2) is 5.61. The van der Waals surface area contributed by atoms with Gasteiger partial charge in [-0.3, -0.25) is 0 Å². The number of hydrogen-bond acceptors (Lipinski definition) is 3. The number of benzene rings is 1. The van der Waals surface area contributed by atoms with Gasteiger partial charge in [0.25, 0.3) is 0 Å². The summed E-state index contributed by atoms with van der Waals surface area (Å²) < 4.78 is 0. The summed E-state index contributed by atoms with van der Waals surface area (Å²) in [5.41, 5.74) is 8.81. The standard InChI is InChI=1S/C16H24N2O/c17-14-9-15(13-7-3-2-6-12(13)14)18-10-11-5-1-4-8-16(11)19/h2-3,6-7,11,14-16,18-19H,1,4-5,8-10,17H2. The van der Waals surface area contributed by atoms with Gasteiger partial charge in [-0.15, -0.1) is 0 Å². The van der Waals surface area contributed by atoms with Crippen LogP contribution >= 0.6 is 0 Å². The van der Waals surface area contributed by atoms with E-state index >= 15 is 0 Å². The molecule has 4 N–H and O–H groups in total. The molecule has 1 aromatic rings. The third kappa shape index (κ3) is 2.69. The van der Waals surface area contributed by atoms with E-state index in [4.69, 9.17) is 5.73 Å². The van der Waals surface area contributed by atoms with E-state index in [1.165, 1.54) is 24.0 Å². The van der Waals surface area contributed by atoms with Crippen LogP contribution in [-0.2, 0) is 0 Å². The highest BCUT2D eigenvalue weighted by atomic mass is 16.3. The number of nitrogens with one attached hydrogen (secondary N) is 1. The summed E-state index contributed by atoms with van der Waals surface area (Å²) in [7, 11) is 0. The van der Waals surface area contributed by atoms with Gasteiger partial charge in [0, 0.05) is 18.6 Å². The van der Waals surface area contributed by atoms with Crippen molar-refractivity contribution in [2.45, 2.75) is 50.3 Å². The molecule has 0 spiro atoms. The molecule has 0 amide bonds.